The summed E-state index contributed by atoms with van der Waals surface area (Å²) in [6.07, 6.45) is 1.09. The minimum Gasteiger partial charge on any atom is -0.489 e. The van der Waals surface area contributed by atoms with Crippen LogP contribution in [0.2, 0.25) is 10.0 Å². The van der Waals surface area contributed by atoms with Crippen molar-refractivity contribution < 1.29 is 22.7 Å². The number of halogens is 2. The van der Waals surface area contributed by atoms with Crippen LogP contribution in [0, 0.1) is 0 Å². The van der Waals surface area contributed by atoms with Crippen LogP contribution in [0.25, 0.3) is 0 Å². The molecular weight excluding hydrogens is 401 g/mol. The van der Waals surface area contributed by atoms with Gasteiger partial charge >= 0.3 is 5.97 Å². The molecule has 0 amide bonds. The Hall–Kier alpha value is -1.96. The third kappa shape index (κ3) is 5.03. The fraction of sp³-hybridized carbons (Fsp3) is 0.235. The van der Waals surface area contributed by atoms with E-state index in [0.29, 0.717) is 27.0 Å². The Balaban J connectivity index is 2.15. The second kappa shape index (κ2) is 8.62. The number of sulfonamides is 1. The first-order valence-corrected chi connectivity index (χ1v) is 10.1. The number of methoxy groups -OCH3 is 1. The number of benzene rings is 2. The number of carbonyl (C=O) groups is 1. The summed E-state index contributed by atoms with van der Waals surface area (Å²) in [5.41, 5.74) is 0.720. The standard InChI is InChI=1S/C17H17Cl2NO5S/c1-24-17(21)12-6-8-13(9-7-12)20(26(2,22)23)10-11-25-16-14(18)4-3-5-15(16)19/h3-9H,10-11H2,1-2H3. The topological polar surface area (TPSA) is 72.9 Å². The second-order valence-electron chi connectivity index (χ2n) is 5.27. The molecule has 0 spiro atoms. The molecule has 0 atom stereocenters. The Morgan fingerprint density at radius 2 is 1.65 bits per heavy atom. The molecule has 0 aromatic heterocycles. The van der Waals surface area contributed by atoms with E-state index in [9.17, 15) is 13.2 Å². The van der Waals surface area contributed by atoms with Gasteiger partial charge in [-0.05, 0) is 36.4 Å². The Morgan fingerprint density at radius 3 is 2.15 bits per heavy atom. The Labute approximate surface area is 162 Å². The summed E-state index contributed by atoms with van der Waals surface area (Å²) in [7, 11) is -2.29. The summed E-state index contributed by atoms with van der Waals surface area (Å²) in [4.78, 5) is 11.5. The molecule has 0 aliphatic rings. The van der Waals surface area contributed by atoms with E-state index in [4.69, 9.17) is 27.9 Å². The van der Waals surface area contributed by atoms with E-state index in [1.54, 1.807) is 18.2 Å². The molecule has 0 saturated carbocycles. The molecular formula is C17H17Cl2NO5S. The minimum atomic E-state index is -3.56. The highest BCUT2D eigenvalue weighted by Crippen LogP contribution is 2.32. The minimum absolute atomic E-state index is 0.0370. The Bertz CT molecular complexity index is 864. The molecule has 140 valence electrons. The van der Waals surface area contributed by atoms with Gasteiger partial charge in [0.1, 0.15) is 6.61 Å². The molecule has 0 bridgehead atoms. The van der Waals surface area contributed by atoms with Gasteiger partial charge in [0.05, 0.1) is 41.2 Å². The molecule has 2 rings (SSSR count). The van der Waals surface area contributed by atoms with Crippen LogP contribution >= 0.6 is 23.2 Å². The molecule has 0 N–H and O–H groups in total. The fourth-order valence-corrected chi connectivity index (χ4v) is 3.64. The van der Waals surface area contributed by atoms with Crippen LogP contribution in [0.1, 0.15) is 10.4 Å². The smallest absolute Gasteiger partial charge is 0.337 e. The molecule has 6 nitrogen and oxygen atoms in total. The van der Waals surface area contributed by atoms with Crippen molar-refractivity contribution >= 4 is 44.9 Å². The SMILES string of the molecule is COC(=O)c1ccc(N(CCOc2c(Cl)cccc2Cl)S(C)(=O)=O)cc1. The fourth-order valence-electron chi connectivity index (χ4n) is 2.22. The number of anilines is 1. The van der Waals surface area contributed by atoms with Gasteiger partial charge in [-0.15, -0.1) is 0 Å². The van der Waals surface area contributed by atoms with Crippen molar-refractivity contribution in [1.29, 1.82) is 0 Å². The second-order valence-corrected chi connectivity index (χ2v) is 7.99. The highest BCUT2D eigenvalue weighted by molar-refractivity contribution is 7.92. The quantitative estimate of drug-likeness (QED) is 0.643. The van der Waals surface area contributed by atoms with E-state index in [1.165, 1.54) is 35.7 Å². The van der Waals surface area contributed by atoms with Gasteiger partial charge in [-0.25, -0.2) is 13.2 Å². The third-order valence-corrected chi connectivity index (χ3v) is 5.23. The van der Waals surface area contributed by atoms with Crippen molar-refractivity contribution in [3.05, 3.63) is 58.1 Å². The predicted molar refractivity (Wildman–Crippen MR) is 102 cm³/mol. The zero-order valence-electron chi connectivity index (χ0n) is 14.1. The molecule has 0 radical (unpaired) electrons. The average Bonchev–Trinajstić information content (AvgIpc) is 2.59. The molecule has 0 heterocycles. The maximum Gasteiger partial charge on any atom is 0.337 e. The van der Waals surface area contributed by atoms with Crippen LogP contribution in [0.3, 0.4) is 0 Å². The zero-order chi connectivity index (χ0) is 19.3. The van der Waals surface area contributed by atoms with Crippen LogP contribution in [0.15, 0.2) is 42.5 Å². The molecule has 2 aromatic carbocycles. The normalized spacial score (nSPS) is 11.1. The van der Waals surface area contributed by atoms with E-state index in [0.717, 1.165) is 6.26 Å². The lowest BCUT2D eigenvalue weighted by atomic mass is 10.2. The van der Waals surface area contributed by atoms with Gasteiger partial charge in [0.15, 0.2) is 5.75 Å². The largest absolute Gasteiger partial charge is 0.489 e. The van der Waals surface area contributed by atoms with Gasteiger partial charge in [0.25, 0.3) is 0 Å². The van der Waals surface area contributed by atoms with E-state index in [2.05, 4.69) is 4.74 Å². The van der Waals surface area contributed by atoms with E-state index < -0.39 is 16.0 Å². The van der Waals surface area contributed by atoms with E-state index >= 15 is 0 Å². The lowest BCUT2D eigenvalue weighted by Crippen LogP contribution is -2.33. The Kier molecular flexibility index (Phi) is 6.75. The number of carbonyl (C=O) groups excluding carboxylic acids is 1. The molecule has 26 heavy (non-hydrogen) atoms. The van der Waals surface area contributed by atoms with Crippen LogP contribution in [-0.4, -0.2) is 40.9 Å². The third-order valence-electron chi connectivity index (χ3n) is 3.44. The summed E-state index contributed by atoms with van der Waals surface area (Å²) in [5, 5.41) is 0.677. The van der Waals surface area contributed by atoms with Gasteiger partial charge in [-0.2, -0.15) is 0 Å². The Morgan fingerprint density at radius 1 is 1.08 bits per heavy atom. The predicted octanol–water partition coefficient (Wildman–Crippen LogP) is 3.63. The lowest BCUT2D eigenvalue weighted by Gasteiger charge is -2.23. The van der Waals surface area contributed by atoms with Gasteiger partial charge < -0.3 is 9.47 Å². The molecule has 0 aliphatic carbocycles. The monoisotopic (exact) mass is 417 g/mol. The van der Waals surface area contributed by atoms with Gasteiger partial charge in [-0.1, -0.05) is 29.3 Å². The summed E-state index contributed by atoms with van der Waals surface area (Å²) in [6.45, 7) is 0.0766. The number of esters is 1. The van der Waals surface area contributed by atoms with Gasteiger partial charge in [-0.3, -0.25) is 4.31 Å². The number of rotatable bonds is 7. The molecule has 0 unspecified atom stereocenters. The first kappa shape index (κ1) is 20.4. The van der Waals surface area contributed by atoms with Gasteiger partial charge in [0, 0.05) is 0 Å². The van der Waals surface area contributed by atoms with Crippen molar-refractivity contribution in [2.24, 2.45) is 0 Å². The van der Waals surface area contributed by atoms with E-state index in [1.807, 2.05) is 0 Å². The summed E-state index contributed by atoms with van der Waals surface area (Å²) in [6, 6.07) is 11.0. The van der Waals surface area contributed by atoms with Crippen LogP contribution in [0.4, 0.5) is 5.69 Å². The zero-order valence-corrected chi connectivity index (χ0v) is 16.4. The average molecular weight is 418 g/mol. The lowest BCUT2D eigenvalue weighted by molar-refractivity contribution is 0.0600. The molecule has 0 fully saturated rings. The summed E-state index contributed by atoms with van der Waals surface area (Å²) >= 11 is 12.1. The number of hydrogen-bond donors (Lipinski definition) is 0. The van der Waals surface area contributed by atoms with Crippen molar-refractivity contribution in [3.8, 4) is 5.75 Å². The van der Waals surface area contributed by atoms with Crippen LogP contribution in [0.5, 0.6) is 5.75 Å². The molecule has 2 aromatic rings. The van der Waals surface area contributed by atoms with Crippen molar-refractivity contribution in [2.45, 2.75) is 0 Å². The van der Waals surface area contributed by atoms with Crippen molar-refractivity contribution in [3.63, 3.8) is 0 Å². The maximum absolute atomic E-state index is 12.1. The van der Waals surface area contributed by atoms with Crippen molar-refractivity contribution in [1.82, 2.24) is 0 Å². The molecule has 9 heteroatoms. The van der Waals surface area contributed by atoms with Crippen LogP contribution < -0.4 is 9.04 Å². The highest BCUT2D eigenvalue weighted by Gasteiger charge is 2.18. The first-order valence-electron chi connectivity index (χ1n) is 7.47. The summed E-state index contributed by atoms with van der Waals surface area (Å²) in [5.74, 6) is -0.204. The first-order chi connectivity index (χ1) is 12.2. The maximum atomic E-state index is 12.1. The number of para-hydroxylation sites is 1. The molecule has 0 saturated heterocycles. The van der Waals surface area contributed by atoms with Crippen molar-refractivity contribution in [2.75, 3.05) is 30.8 Å². The molecule has 0 aliphatic heterocycles. The number of hydrogen-bond acceptors (Lipinski definition) is 5. The number of ether oxygens (including phenoxy) is 2. The van der Waals surface area contributed by atoms with E-state index in [-0.39, 0.29) is 13.2 Å². The highest BCUT2D eigenvalue weighted by atomic mass is 35.5. The number of nitrogens with zero attached hydrogens (tertiary/aromatic N) is 1. The van der Waals surface area contributed by atoms with Gasteiger partial charge in [0.2, 0.25) is 10.0 Å². The summed E-state index contributed by atoms with van der Waals surface area (Å²) < 4.78 is 35.6. The van der Waals surface area contributed by atoms with Crippen LogP contribution in [-0.2, 0) is 14.8 Å².